The summed E-state index contributed by atoms with van der Waals surface area (Å²) >= 11 is 0. The molecule has 5 nitrogen and oxygen atoms in total. The molecule has 0 N–H and O–H groups in total. The van der Waals surface area contributed by atoms with Crippen LogP contribution in [0.4, 0.5) is 0 Å². The molecular weight excluding hydrogens is 649 g/mol. The Morgan fingerprint density at radius 1 is 0.340 bits per heavy atom. The molecule has 1 aliphatic carbocycles. The first kappa shape index (κ1) is 29.5. The molecule has 0 saturated heterocycles. The monoisotopic (exact) mass is 676 g/mol. The van der Waals surface area contributed by atoms with E-state index in [0.29, 0.717) is 17.5 Å². The standard InChI is InChI=1S/C48H28N4O/c1-2-11-29(12-3-1)46-50-47(32-15-8-13-30(27-32)34-23-24-37-36-17-4-5-18-39(36)45-44(37)38(34)25-26-49-45)52-48(51-46)33-16-9-14-31(28-33)35-20-10-22-42-43(35)40-19-6-7-21-41(40)53-42/h1-28H. The second-order valence-corrected chi connectivity index (χ2v) is 13.4. The van der Waals surface area contributed by atoms with Crippen molar-refractivity contribution in [3.8, 4) is 78.8 Å². The van der Waals surface area contributed by atoms with Crippen LogP contribution in [0.1, 0.15) is 0 Å². The maximum Gasteiger partial charge on any atom is 0.164 e. The first-order chi connectivity index (χ1) is 26.3. The van der Waals surface area contributed by atoms with E-state index < -0.39 is 0 Å². The number of fused-ring (bicyclic) bond motifs is 6. The molecule has 0 unspecified atom stereocenters. The summed E-state index contributed by atoms with van der Waals surface area (Å²) in [4.78, 5) is 20.1. The van der Waals surface area contributed by atoms with Gasteiger partial charge in [-0.25, -0.2) is 15.0 Å². The van der Waals surface area contributed by atoms with Gasteiger partial charge in [0.2, 0.25) is 0 Å². The lowest BCUT2D eigenvalue weighted by Crippen LogP contribution is -2.00. The third-order valence-corrected chi connectivity index (χ3v) is 10.3. The highest BCUT2D eigenvalue weighted by atomic mass is 16.3. The third kappa shape index (κ3) is 4.71. The van der Waals surface area contributed by atoms with Gasteiger partial charge in [0.05, 0.1) is 5.69 Å². The lowest BCUT2D eigenvalue weighted by atomic mass is 9.94. The minimum Gasteiger partial charge on any atom is -0.456 e. The first-order valence-electron chi connectivity index (χ1n) is 17.7. The first-order valence-corrected chi connectivity index (χ1v) is 17.7. The van der Waals surface area contributed by atoms with Crippen LogP contribution < -0.4 is 0 Å². The molecule has 0 saturated carbocycles. The lowest BCUT2D eigenvalue weighted by molar-refractivity contribution is 0.669. The predicted molar refractivity (Wildman–Crippen MR) is 214 cm³/mol. The van der Waals surface area contributed by atoms with Gasteiger partial charge in [-0.2, -0.15) is 0 Å². The Balaban J connectivity index is 1.06. The Kier molecular flexibility index (Phi) is 6.48. The molecule has 7 aromatic carbocycles. The predicted octanol–water partition coefficient (Wildman–Crippen LogP) is 12.3. The molecule has 3 aromatic heterocycles. The fourth-order valence-corrected chi connectivity index (χ4v) is 7.92. The lowest BCUT2D eigenvalue weighted by Gasteiger charge is -2.12. The summed E-state index contributed by atoms with van der Waals surface area (Å²) in [7, 11) is 0. The molecule has 53 heavy (non-hydrogen) atoms. The van der Waals surface area contributed by atoms with Crippen molar-refractivity contribution in [1.82, 2.24) is 19.9 Å². The number of nitrogens with zero attached hydrogens (tertiary/aromatic N) is 4. The van der Waals surface area contributed by atoms with Crippen molar-refractivity contribution in [2.75, 3.05) is 0 Å². The molecule has 0 aliphatic heterocycles. The summed E-state index contributed by atoms with van der Waals surface area (Å²) in [5.74, 6) is 1.85. The molecule has 0 radical (unpaired) electrons. The van der Waals surface area contributed by atoms with Crippen molar-refractivity contribution in [3.05, 3.63) is 170 Å². The van der Waals surface area contributed by atoms with Crippen molar-refractivity contribution < 1.29 is 4.42 Å². The second-order valence-electron chi connectivity index (χ2n) is 13.4. The average Bonchev–Trinajstić information content (AvgIpc) is 3.78. The Morgan fingerprint density at radius 3 is 1.70 bits per heavy atom. The maximum absolute atomic E-state index is 6.22. The van der Waals surface area contributed by atoms with Crippen molar-refractivity contribution in [1.29, 1.82) is 0 Å². The van der Waals surface area contributed by atoms with Crippen LogP contribution in [0.5, 0.6) is 0 Å². The number of hydrogen-bond acceptors (Lipinski definition) is 5. The van der Waals surface area contributed by atoms with Gasteiger partial charge in [0.25, 0.3) is 0 Å². The summed E-state index contributed by atoms with van der Waals surface area (Å²) in [5, 5.41) is 4.57. The quantitative estimate of drug-likeness (QED) is 0.181. The van der Waals surface area contributed by atoms with E-state index in [0.717, 1.165) is 66.6 Å². The number of rotatable bonds is 5. The molecule has 11 rings (SSSR count). The molecule has 3 heterocycles. The number of aromatic nitrogens is 4. The third-order valence-electron chi connectivity index (χ3n) is 10.3. The second kappa shape index (κ2) is 11.7. The topological polar surface area (TPSA) is 64.7 Å². The van der Waals surface area contributed by atoms with E-state index in [4.69, 9.17) is 24.4 Å². The highest BCUT2D eigenvalue weighted by Gasteiger charge is 2.24. The molecule has 10 aromatic rings. The summed E-state index contributed by atoms with van der Waals surface area (Å²) in [5.41, 5.74) is 13.6. The SMILES string of the molecule is c1ccc(-c2nc(-c3cccc(-c4ccc5c6c(nccc46)-c4ccccc4-5)c3)nc(-c3cccc(-c4cccc5oc6ccccc6c45)c3)n2)cc1. The Labute approximate surface area is 304 Å². The zero-order valence-corrected chi connectivity index (χ0v) is 28.4. The van der Waals surface area contributed by atoms with Crippen LogP contribution in [0.2, 0.25) is 0 Å². The van der Waals surface area contributed by atoms with Crippen LogP contribution in [0, 0.1) is 0 Å². The molecule has 0 bridgehead atoms. The number of benzene rings is 7. The molecular formula is C48H28N4O. The Bertz CT molecular complexity index is 3040. The fourth-order valence-electron chi connectivity index (χ4n) is 7.92. The van der Waals surface area contributed by atoms with Gasteiger partial charge in [-0.05, 0) is 69.1 Å². The smallest absolute Gasteiger partial charge is 0.164 e. The Hall–Kier alpha value is -7.24. The van der Waals surface area contributed by atoms with Crippen LogP contribution in [0.3, 0.4) is 0 Å². The van der Waals surface area contributed by atoms with Crippen molar-refractivity contribution in [2.45, 2.75) is 0 Å². The van der Waals surface area contributed by atoms with Crippen LogP contribution in [-0.4, -0.2) is 19.9 Å². The van der Waals surface area contributed by atoms with Crippen LogP contribution in [0.25, 0.3) is 112 Å². The van der Waals surface area contributed by atoms with Crippen LogP contribution >= 0.6 is 0 Å². The van der Waals surface area contributed by atoms with E-state index >= 15 is 0 Å². The van der Waals surface area contributed by atoms with E-state index in [1.165, 1.54) is 27.5 Å². The molecule has 0 atom stereocenters. The number of furan rings is 1. The zero-order chi connectivity index (χ0) is 34.9. The van der Waals surface area contributed by atoms with Gasteiger partial charge >= 0.3 is 0 Å². The van der Waals surface area contributed by atoms with Crippen LogP contribution in [0.15, 0.2) is 174 Å². The number of pyridine rings is 1. The van der Waals surface area contributed by atoms with Gasteiger partial charge < -0.3 is 4.42 Å². The molecule has 0 spiro atoms. The van der Waals surface area contributed by atoms with Gasteiger partial charge in [0, 0.05) is 44.6 Å². The fraction of sp³-hybridized carbons (Fsp3) is 0. The minimum absolute atomic E-state index is 0.611. The largest absolute Gasteiger partial charge is 0.456 e. The number of hydrogen-bond donors (Lipinski definition) is 0. The van der Waals surface area contributed by atoms with Crippen molar-refractivity contribution in [3.63, 3.8) is 0 Å². The van der Waals surface area contributed by atoms with Gasteiger partial charge in [0.15, 0.2) is 17.5 Å². The summed E-state index contributed by atoms with van der Waals surface area (Å²) in [6.45, 7) is 0. The Morgan fingerprint density at radius 2 is 0.906 bits per heavy atom. The van der Waals surface area contributed by atoms with E-state index in [2.05, 4.69) is 109 Å². The van der Waals surface area contributed by atoms with E-state index in [-0.39, 0.29) is 0 Å². The molecule has 0 amide bonds. The molecule has 246 valence electrons. The van der Waals surface area contributed by atoms with Gasteiger partial charge in [-0.1, -0.05) is 133 Å². The molecule has 1 aliphatic rings. The summed E-state index contributed by atoms with van der Waals surface area (Å²) in [6.07, 6.45) is 1.92. The van der Waals surface area contributed by atoms with Gasteiger partial charge in [-0.3, -0.25) is 4.98 Å². The summed E-state index contributed by atoms with van der Waals surface area (Å²) < 4.78 is 6.22. The van der Waals surface area contributed by atoms with Crippen LogP contribution in [-0.2, 0) is 0 Å². The van der Waals surface area contributed by atoms with E-state index in [1.807, 2.05) is 60.8 Å². The average molecular weight is 677 g/mol. The minimum atomic E-state index is 0.611. The summed E-state index contributed by atoms with van der Waals surface area (Å²) in [6, 6.07) is 56.6. The van der Waals surface area contributed by atoms with Crippen molar-refractivity contribution in [2.24, 2.45) is 0 Å². The normalized spacial score (nSPS) is 11.8. The molecule has 0 fully saturated rings. The molecule has 5 heteroatoms. The highest BCUT2D eigenvalue weighted by Crippen LogP contribution is 2.48. The zero-order valence-electron chi connectivity index (χ0n) is 28.4. The highest BCUT2D eigenvalue weighted by molar-refractivity contribution is 6.17. The van der Waals surface area contributed by atoms with Gasteiger partial charge in [0.1, 0.15) is 11.2 Å². The maximum atomic E-state index is 6.22. The van der Waals surface area contributed by atoms with E-state index in [1.54, 1.807) is 0 Å². The number of para-hydroxylation sites is 1. The van der Waals surface area contributed by atoms with E-state index in [9.17, 15) is 0 Å². The van der Waals surface area contributed by atoms with Crippen molar-refractivity contribution >= 4 is 32.7 Å². The van der Waals surface area contributed by atoms with Gasteiger partial charge in [-0.15, -0.1) is 0 Å².